The van der Waals surface area contributed by atoms with Crippen LogP contribution in [0.4, 0.5) is 5.69 Å². The molecule has 2 unspecified atom stereocenters. The first-order valence-electron chi connectivity index (χ1n) is 10.1. The molecular formula is C22H31N3O2S. The van der Waals surface area contributed by atoms with E-state index < -0.39 is 0 Å². The Bertz CT molecular complexity index is 725. The van der Waals surface area contributed by atoms with Crippen molar-refractivity contribution in [3.05, 3.63) is 46.7 Å². The monoisotopic (exact) mass is 401 g/mol. The molecule has 0 saturated carbocycles. The molecule has 0 spiro atoms. The zero-order valence-corrected chi connectivity index (χ0v) is 17.9. The summed E-state index contributed by atoms with van der Waals surface area (Å²) in [6.45, 7) is 8.08. The fourth-order valence-electron chi connectivity index (χ4n) is 3.89. The van der Waals surface area contributed by atoms with Gasteiger partial charge in [-0.25, -0.2) is 0 Å². The van der Waals surface area contributed by atoms with Crippen molar-refractivity contribution < 1.29 is 9.53 Å². The van der Waals surface area contributed by atoms with Crippen LogP contribution in [0.5, 0.6) is 5.75 Å². The van der Waals surface area contributed by atoms with E-state index in [4.69, 9.17) is 4.74 Å². The molecule has 0 radical (unpaired) electrons. The Labute approximate surface area is 172 Å². The van der Waals surface area contributed by atoms with Gasteiger partial charge in [0.15, 0.2) is 0 Å². The van der Waals surface area contributed by atoms with Crippen molar-refractivity contribution in [1.82, 2.24) is 10.2 Å². The number of thiophene rings is 1. The SMILES string of the molecule is CCCC(=O)NC(C)C(c1cccs1)N1CCN(c2ccc(OC)cc2)CC1. The van der Waals surface area contributed by atoms with E-state index in [0.29, 0.717) is 6.42 Å². The van der Waals surface area contributed by atoms with Crippen LogP contribution in [0.3, 0.4) is 0 Å². The van der Waals surface area contributed by atoms with Gasteiger partial charge in [-0.3, -0.25) is 9.69 Å². The summed E-state index contributed by atoms with van der Waals surface area (Å²) in [6.07, 6.45) is 1.47. The summed E-state index contributed by atoms with van der Waals surface area (Å²) in [5, 5.41) is 5.34. The topological polar surface area (TPSA) is 44.8 Å². The predicted octanol–water partition coefficient (Wildman–Crippen LogP) is 3.92. The smallest absolute Gasteiger partial charge is 0.220 e. The number of rotatable bonds is 8. The second-order valence-electron chi connectivity index (χ2n) is 7.29. The van der Waals surface area contributed by atoms with Crippen LogP contribution >= 0.6 is 11.3 Å². The lowest BCUT2D eigenvalue weighted by molar-refractivity contribution is -0.122. The molecule has 2 aromatic rings. The molecule has 1 saturated heterocycles. The van der Waals surface area contributed by atoms with Gasteiger partial charge in [0, 0.05) is 49.2 Å². The molecule has 2 atom stereocenters. The molecule has 1 aliphatic rings. The minimum Gasteiger partial charge on any atom is -0.497 e. The molecule has 1 aromatic carbocycles. The lowest BCUT2D eigenvalue weighted by atomic mass is 10.0. The number of piperazine rings is 1. The van der Waals surface area contributed by atoms with E-state index in [9.17, 15) is 4.79 Å². The lowest BCUT2D eigenvalue weighted by Crippen LogP contribution is -2.52. The highest BCUT2D eigenvalue weighted by atomic mass is 32.1. The van der Waals surface area contributed by atoms with Crippen LogP contribution in [0.25, 0.3) is 0 Å². The number of nitrogens with one attached hydrogen (secondary N) is 1. The standard InChI is InChI=1S/C22H31N3O2S/c1-4-6-21(26)23-17(2)22(20-7-5-16-28-20)25-14-12-24(13-15-25)18-8-10-19(27-3)11-9-18/h5,7-11,16-17,22H,4,6,12-15H2,1-3H3,(H,23,26). The molecule has 1 fully saturated rings. The zero-order valence-electron chi connectivity index (χ0n) is 17.1. The first-order chi connectivity index (χ1) is 13.6. The number of amides is 1. The highest BCUT2D eigenvalue weighted by Gasteiger charge is 2.30. The van der Waals surface area contributed by atoms with Crippen LogP contribution in [0, 0.1) is 0 Å². The Morgan fingerprint density at radius 1 is 1.18 bits per heavy atom. The van der Waals surface area contributed by atoms with E-state index in [1.165, 1.54) is 10.6 Å². The van der Waals surface area contributed by atoms with Gasteiger partial charge in [-0.15, -0.1) is 11.3 Å². The molecule has 28 heavy (non-hydrogen) atoms. The van der Waals surface area contributed by atoms with E-state index in [1.807, 2.05) is 19.1 Å². The van der Waals surface area contributed by atoms with Gasteiger partial charge >= 0.3 is 0 Å². The van der Waals surface area contributed by atoms with Crippen molar-refractivity contribution in [2.45, 2.75) is 38.8 Å². The Balaban J connectivity index is 1.66. The molecular weight excluding hydrogens is 370 g/mol. The van der Waals surface area contributed by atoms with E-state index in [-0.39, 0.29) is 18.0 Å². The van der Waals surface area contributed by atoms with Crippen LogP contribution < -0.4 is 15.0 Å². The Morgan fingerprint density at radius 2 is 1.89 bits per heavy atom. The third-order valence-corrected chi connectivity index (χ3v) is 6.26. The maximum atomic E-state index is 12.2. The van der Waals surface area contributed by atoms with Crippen molar-refractivity contribution in [1.29, 1.82) is 0 Å². The van der Waals surface area contributed by atoms with Crippen LogP contribution in [-0.2, 0) is 4.79 Å². The van der Waals surface area contributed by atoms with E-state index >= 15 is 0 Å². The molecule has 1 amide bonds. The van der Waals surface area contributed by atoms with Gasteiger partial charge in [-0.1, -0.05) is 13.0 Å². The summed E-state index contributed by atoms with van der Waals surface area (Å²) in [5.74, 6) is 1.03. The molecule has 0 bridgehead atoms. The summed E-state index contributed by atoms with van der Waals surface area (Å²) in [5.41, 5.74) is 1.23. The van der Waals surface area contributed by atoms with Gasteiger partial charge < -0.3 is 15.0 Å². The van der Waals surface area contributed by atoms with E-state index in [2.05, 4.69) is 51.7 Å². The minimum absolute atomic E-state index is 0.0882. The quantitative estimate of drug-likeness (QED) is 0.728. The molecule has 1 aromatic heterocycles. The van der Waals surface area contributed by atoms with Crippen LogP contribution in [0.2, 0.25) is 0 Å². The average Bonchev–Trinajstić information content (AvgIpc) is 3.23. The zero-order chi connectivity index (χ0) is 19.9. The molecule has 1 N–H and O–H groups in total. The van der Waals surface area contributed by atoms with Crippen LogP contribution in [0.1, 0.15) is 37.6 Å². The van der Waals surface area contributed by atoms with E-state index in [0.717, 1.165) is 38.3 Å². The summed E-state index contributed by atoms with van der Waals surface area (Å²) in [4.78, 5) is 18.4. The number of benzene rings is 1. The Kier molecular flexibility index (Phi) is 7.34. The van der Waals surface area contributed by atoms with Gasteiger partial charge in [0.25, 0.3) is 0 Å². The number of methoxy groups -OCH3 is 1. The minimum atomic E-state index is 0.0882. The van der Waals surface area contributed by atoms with E-state index in [1.54, 1.807) is 18.4 Å². The van der Waals surface area contributed by atoms with Gasteiger partial charge in [-0.2, -0.15) is 0 Å². The molecule has 6 heteroatoms. The second-order valence-corrected chi connectivity index (χ2v) is 8.27. The maximum Gasteiger partial charge on any atom is 0.220 e. The van der Waals surface area contributed by atoms with Gasteiger partial charge in [-0.05, 0) is 49.1 Å². The fraction of sp³-hybridized carbons (Fsp3) is 0.500. The maximum absolute atomic E-state index is 12.2. The first kappa shape index (κ1) is 20.7. The molecule has 2 heterocycles. The van der Waals surface area contributed by atoms with Crippen molar-refractivity contribution >= 4 is 22.9 Å². The molecule has 152 valence electrons. The molecule has 1 aliphatic heterocycles. The highest BCUT2D eigenvalue weighted by molar-refractivity contribution is 7.10. The number of hydrogen-bond donors (Lipinski definition) is 1. The fourth-order valence-corrected chi connectivity index (χ4v) is 4.85. The average molecular weight is 402 g/mol. The first-order valence-corrected chi connectivity index (χ1v) is 11.0. The highest BCUT2D eigenvalue weighted by Crippen LogP contribution is 2.30. The normalized spacial score (nSPS) is 17.2. The van der Waals surface area contributed by atoms with Gasteiger partial charge in [0.05, 0.1) is 13.2 Å². The molecule has 3 rings (SSSR count). The number of nitrogens with zero attached hydrogens (tertiary/aromatic N) is 2. The van der Waals surface area contributed by atoms with Gasteiger partial charge in [0.2, 0.25) is 5.91 Å². The largest absolute Gasteiger partial charge is 0.497 e. The number of carbonyl (C=O) groups is 1. The molecule has 5 nitrogen and oxygen atoms in total. The predicted molar refractivity (Wildman–Crippen MR) is 116 cm³/mol. The number of carbonyl (C=O) groups excluding carboxylic acids is 1. The summed E-state index contributed by atoms with van der Waals surface area (Å²) in [7, 11) is 1.69. The second kappa shape index (κ2) is 9.94. The molecule has 0 aliphatic carbocycles. The van der Waals surface area contributed by atoms with Crippen LogP contribution in [-0.4, -0.2) is 50.1 Å². The van der Waals surface area contributed by atoms with Crippen LogP contribution in [0.15, 0.2) is 41.8 Å². The number of anilines is 1. The summed E-state index contributed by atoms with van der Waals surface area (Å²) >= 11 is 1.77. The third-order valence-electron chi connectivity index (χ3n) is 5.32. The third kappa shape index (κ3) is 5.06. The lowest BCUT2D eigenvalue weighted by Gasteiger charge is -2.42. The van der Waals surface area contributed by atoms with Crippen molar-refractivity contribution in [3.63, 3.8) is 0 Å². The summed E-state index contributed by atoms with van der Waals surface area (Å²) in [6, 6.07) is 12.9. The van der Waals surface area contributed by atoms with Gasteiger partial charge in [0.1, 0.15) is 5.75 Å². The Morgan fingerprint density at radius 3 is 2.46 bits per heavy atom. The van der Waals surface area contributed by atoms with Crippen molar-refractivity contribution in [3.8, 4) is 5.75 Å². The number of ether oxygens (including phenoxy) is 1. The number of hydrogen-bond acceptors (Lipinski definition) is 5. The van der Waals surface area contributed by atoms with Crippen molar-refractivity contribution in [2.24, 2.45) is 0 Å². The Hall–Kier alpha value is -2.05. The van der Waals surface area contributed by atoms with Crippen molar-refractivity contribution in [2.75, 3.05) is 38.2 Å². The summed E-state index contributed by atoms with van der Waals surface area (Å²) < 4.78 is 5.26.